The quantitative estimate of drug-likeness (QED) is 0.740. The summed E-state index contributed by atoms with van der Waals surface area (Å²) < 4.78 is 1.77. The van der Waals surface area contributed by atoms with Crippen molar-refractivity contribution in [2.45, 2.75) is 46.3 Å². The highest BCUT2D eigenvalue weighted by molar-refractivity contribution is 5.15. The Hall–Kier alpha value is -0.910. The zero-order chi connectivity index (χ0) is 14.4. The van der Waals surface area contributed by atoms with Gasteiger partial charge in [-0.05, 0) is 26.3 Å². The molecule has 0 spiro atoms. The Morgan fingerprint density at radius 1 is 1.37 bits per heavy atom. The van der Waals surface area contributed by atoms with Gasteiger partial charge in [0.25, 0.3) is 0 Å². The number of aryl methyl sites for hydroxylation is 1. The normalized spacial score (nSPS) is 13.5. The number of aromatic nitrogens is 2. The largest absolute Gasteiger partial charge is 0.395 e. The molecule has 0 saturated carbocycles. The molecule has 110 valence electrons. The first-order valence-electron chi connectivity index (χ1n) is 6.92. The molecule has 19 heavy (non-hydrogen) atoms. The average molecular weight is 269 g/mol. The highest BCUT2D eigenvalue weighted by Crippen LogP contribution is 2.15. The Balaban J connectivity index is 2.66. The van der Waals surface area contributed by atoms with Gasteiger partial charge in [-0.15, -0.1) is 0 Å². The molecular formula is C14H27N3O2. The Labute approximate surface area is 115 Å². The van der Waals surface area contributed by atoms with Gasteiger partial charge in [-0.2, -0.15) is 5.10 Å². The van der Waals surface area contributed by atoms with Gasteiger partial charge >= 0.3 is 0 Å². The van der Waals surface area contributed by atoms with Crippen molar-refractivity contribution in [3.05, 3.63) is 17.5 Å². The van der Waals surface area contributed by atoms with Crippen molar-refractivity contribution in [1.29, 1.82) is 0 Å². The molecule has 0 aliphatic rings. The Kier molecular flexibility index (Phi) is 6.48. The van der Waals surface area contributed by atoms with Crippen molar-refractivity contribution < 1.29 is 10.2 Å². The van der Waals surface area contributed by atoms with Crippen molar-refractivity contribution in [3.8, 4) is 0 Å². The van der Waals surface area contributed by atoms with E-state index in [2.05, 4.69) is 23.8 Å². The van der Waals surface area contributed by atoms with E-state index in [9.17, 15) is 5.11 Å². The van der Waals surface area contributed by atoms with Gasteiger partial charge in [-0.1, -0.05) is 13.8 Å². The highest BCUT2D eigenvalue weighted by atomic mass is 16.3. The van der Waals surface area contributed by atoms with E-state index in [1.807, 2.05) is 20.2 Å². The molecular weight excluding hydrogens is 242 g/mol. The SMILES string of the molecule is Cc1nn(CCO)cc1CN(C)C(CO)CC(C)C. The smallest absolute Gasteiger partial charge is 0.0641 e. The van der Waals surface area contributed by atoms with E-state index >= 15 is 0 Å². The summed E-state index contributed by atoms with van der Waals surface area (Å²) in [6.45, 7) is 7.90. The van der Waals surface area contributed by atoms with E-state index in [1.165, 1.54) is 0 Å². The number of nitrogens with zero attached hydrogens (tertiary/aromatic N) is 3. The highest BCUT2D eigenvalue weighted by Gasteiger charge is 2.17. The van der Waals surface area contributed by atoms with Gasteiger partial charge in [0.05, 0.1) is 25.5 Å². The Morgan fingerprint density at radius 3 is 2.58 bits per heavy atom. The first-order chi connectivity index (χ1) is 8.97. The van der Waals surface area contributed by atoms with Crippen LogP contribution in [-0.4, -0.2) is 51.2 Å². The van der Waals surface area contributed by atoms with Gasteiger partial charge in [-0.25, -0.2) is 0 Å². The van der Waals surface area contributed by atoms with Crippen LogP contribution in [0.2, 0.25) is 0 Å². The van der Waals surface area contributed by atoms with Gasteiger partial charge in [0, 0.05) is 24.3 Å². The van der Waals surface area contributed by atoms with Crippen molar-refractivity contribution in [2.24, 2.45) is 5.92 Å². The Bertz CT molecular complexity index is 377. The topological polar surface area (TPSA) is 61.5 Å². The van der Waals surface area contributed by atoms with Crippen LogP contribution in [-0.2, 0) is 13.1 Å². The molecule has 0 radical (unpaired) electrons. The summed E-state index contributed by atoms with van der Waals surface area (Å²) in [4.78, 5) is 2.17. The van der Waals surface area contributed by atoms with Crippen LogP contribution in [0.3, 0.4) is 0 Å². The standard InChI is InChI=1S/C14H27N3O2/c1-11(2)7-14(10-19)16(4)8-13-9-17(5-6-18)15-12(13)3/h9,11,14,18-19H,5-8,10H2,1-4H3. The molecule has 1 aromatic heterocycles. The summed E-state index contributed by atoms with van der Waals surface area (Å²) in [6, 6.07) is 0.181. The molecule has 0 aliphatic carbocycles. The average Bonchev–Trinajstić information content (AvgIpc) is 2.67. The monoisotopic (exact) mass is 269 g/mol. The van der Waals surface area contributed by atoms with Crippen molar-refractivity contribution in [2.75, 3.05) is 20.3 Å². The fraction of sp³-hybridized carbons (Fsp3) is 0.786. The van der Waals surface area contributed by atoms with E-state index in [0.29, 0.717) is 12.5 Å². The molecule has 1 heterocycles. The minimum Gasteiger partial charge on any atom is -0.395 e. The van der Waals surface area contributed by atoms with E-state index in [0.717, 1.165) is 24.2 Å². The van der Waals surface area contributed by atoms with Gasteiger partial charge in [-0.3, -0.25) is 9.58 Å². The third-order valence-corrected chi connectivity index (χ3v) is 3.37. The minimum atomic E-state index is 0.100. The molecule has 1 unspecified atom stereocenters. The zero-order valence-corrected chi connectivity index (χ0v) is 12.5. The molecule has 0 saturated heterocycles. The first-order valence-corrected chi connectivity index (χ1v) is 6.92. The summed E-state index contributed by atoms with van der Waals surface area (Å²) >= 11 is 0. The van der Waals surface area contributed by atoms with E-state index in [1.54, 1.807) is 4.68 Å². The number of hydrogen-bond donors (Lipinski definition) is 2. The number of likely N-dealkylation sites (N-methyl/N-ethyl adjacent to an activating group) is 1. The third-order valence-electron chi connectivity index (χ3n) is 3.37. The van der Waals surface area contributed by atoms with E-state index < -0.39 is 0 Å². The van der Waals surface area contributed by atoms with Crippen LogP contribution in [0.1, 0.15) is 31.5 Å². The summed E-state index contributed by atoms with van der Waals surface area (Å²) in [5.74, 6) is 0.567. The number of rotatable bonds is 8. The molecule has 0 fully saturated rings. The minimum absolute atomic E-state index is 0.100. The van der Waals surface area contributed by atoms with Gasteiger partial charge < -0.3 is 10.2 Å². The van der Waals surface area contributed by atoms with Crippen LogP contribution < -0.4 is 0 Å². The van der Waals surface area contributed by atoms with E-state index in [4.69, 9.17) is 5.11 Å². The summed E-state index contributed by atoms with van der Waals surface area (Å²) in [7, 11) is 2.03. The predicted octanol–water partition coefficient (Wildman–Crippen LogP) is 1.02. The third kappa shape index (κ3) is 4.93. The first kappa shape index (κ1) is 16.1. The van der Waals surface area contributed by atoms with Crippen LogP contribution in [0.4, 0.5) is 0 Å². The Morgan fingerprint density at radius 2 is 2.05 bits per heavy atom. The fourth-order valence-electron chi connectivity index (χ4n) is 2.27. The second kappa shape index (κ2) is 7.62. The molecule has 1 aromatic rings. The van der Waals surface area contributed by atoms with Crippen LogP contribution in [0.5, 0.6) is 0 Å². The summed E-state index contributed by atoms with van der Waals surface area (Å²) in [5, 5.41) is 22.8. The molecule has 0 aromatic carbocycles. The lowest BCUT2D eigenvalue weighted by Gasteiger charge is -2.27. The lowest BCUT2D eigenvalue weighted by molar-refractivity contribution is 0.124. The maximum atomic E-state index is 9.49. The molecule has 1 rings (SSSR count). The second-order valence-electron chi connectivity index (χ2n) is 5.61. The van der Waals surface area contributed by atoms with Crippen molar-refractivity contribution >= 4 is 0 Å². The molecule has 0 aliphatic heterocycles. The van der Waals surface area contributed by atoms with Crippen LogP contribution in [0.25, 0.3) is 0 Å². The van der Waals surface area contributed by atoms with Crippen LogP contribution >= 0.6 is 0 Å². The van der Waals surface area contributed by atoms with Crippen LogP contribution in [0, 0.1) is 12.8 Å². The zero-order valence-electron chi connectivity index (χ0n) is 12.5. The molecule has 5 nitrogen and oxygen atoms in total. The van der Waals surface area contributed by atoms with E-state index in [-0.39, 0.29) is 19.3 Å². The maximum absolute atomic E-state index is 9.49. The van der Waals surface area contributed by atoms with Gasteiger partial charge in [0.2, 0.25) is 0 Å². The van der Waals surface area contributed by atoms with Crippen molar-refractivity contribution in [3.63, 3.8) is 0 Å². The fourth-order valence-corrected chi connectivity index (χ4v) is 2.27. The lowest BCUT2D eigenvalue weighted by Crippen LogP contribution is -2.35. The number of hydrogen-bond acceptors (Lipinski definition) is 4. The number of aliphatic hydroxyl groups excluding tert-OH is 2. The molecule has 5 heteroatoms. The van der Waals surface area contributed by atoms with Crippen LogP contribution in [0.15, 0.2) is 6.20 Å². The number of aliphatic hydroxyl groups is 2. The molecule has 0 amide bonds. The molecule has 1 atom stereocenters. The predicted molar refractivity (Wildman–Crippen MR) is 75.8 cm³/mol. The summed E-state index contributed by atoms with van der Waals surface area (Å²) in [6.07, 6.45) is 2.96. The molecule has 0 bridgehead atoms. The lowest BCUT2D eigenvalue weighted by atomic mass is 10.0. The molecule has 2 N–H and O–H groups in total. The summed E-state index contributed by atoms with van der Waals surface area (Å²) in [5.41, 5.74) is 2.14. The van der Waals surface area contributed by atoms with Gasteiger partial charge in [0.15, 0.2) is 0 Å². The second-order valence-corrected chi connectivity index (χ2v) is 5.61. The van der Waals surface area contributed by atoms with Crippen molar-refractivity contribution in [1.82, 2.24) is 14.7 Å². The maximum Gasteiger partial charge on any atom is 0.0641 e. The van der Waals surface area contributed by atoms with Gasteiger partial charge in [0.1, 0.15) is 0 Å².